The minimum absolute atomic E-state index is 0.121. The molecule has 0 radical (unpaired) electrons. The summed E-state index contributed by atoms with van der Waals surface area (Å²) < 4.78 is 5.72. The van der Waals surface area contributed by atoms with Gasteiger partial charge in [0.15, 0.2) is 0 Å². The molecule has 1 fully saturated rings. The van der Waals surface area contributed by atoms with Gasteiger partial charge in [-0.2, -0.15) is 0 Å². The van der Waals surface area contributed by atoms with Gasteiger partial charge in [0, 0.05) is 11.4 Å². The molecule has 3 aromatic heterocycles. The van der Waals surface area contributed by atoms with Gasteiger partial charge in [0.1, 0.15) is 4.88 Å². The first-order valence-corrected chi connectivity index (χ1v) is 11.0. The van der Waals surface area contributed by atoms with Gasteiger partial charge < -0.3 is 9.32 Å². The number of hydrogen-bond acceptors (Lipinski definition) is 8. The maximum Gasteiger partial charge on any atom is 0.277 e. The van der Waals surface area contributed by atoms with Crippen molar-refractivity contribution in [2.75, 3.05) is 12.3 Å². The van der Waals surface area contributed by atoms with Gasteiger partial charge in [-0.15, -0.1) is 32.9 Å². The van der Waals surface area contributed by atoms with Crippen LogP contribution in [0.5, 0.6) is 0 Å². The van der Waals surface area contributed by atoms with E-state index in [-0.39, 0.29) is 11.9 Å². The van der Waals surface area contributed by atoms with Crippen molar-refractivity contribution in [1.29, 1.82) is 0 Å². The van der Waals surface area contributed by atoms with Crippen LogP contribution in [0.15, 0.2) is 27.2 Å². The minimum atomic E-state index is 0.121. The van der Waals surface area contributed by atoms with E-state index in [9.17, 15) is 4.79 Å². The third kappa shape index (κ3) is 3.56. The Bertz CT molecular complexity index is 903. The van der Waals surface area contributed by atoms with E-state index in [1.807, 2.05) is 24.8 Å². The van der Waals surface area contributed by atoms with Crippen molar-refractivity contribution in [3.8, 4) is 10.8 Å². The second-order valence-electron chi connectivity index (χ2n) is 6.07. The van der Waals surface area contributed by atoms with Gasteiger partial charge in [-0.3, -0.25) is 4.79 Å². The van der Waals surface area contributed by atoms with Gasteiger partial charge in [-0.05, 0) is 38.1 Å². The number of nitrogens with zero attached hydrogens (tertiary/aromatic N) is 4. The molecule has 0 spiro atoms. The second-order valence-corrected chi connectivity index (χ2v) is 9.18. The van der Waals surface area contributed by atoms with E-state index in [1.54, 1.807) is 11.3 Å². The molecule has 1 aliphatic heterocycles. The molecule has 9 heteroatoms. The number of thiazole rings is 1. The molecule has 1 atom stereocenters. The zero-order valence-corrected chi connectivity index (χ0v) is 16.9. The van der Waals surface area contributed by atoms with Crippen molar-refractivity contribution in [2.45, 2.75) is 38.0 Å². The summed E-state index contributed by atoms with van der Waals surface area (Å²) in [6.45, 7) is 4.69. The maximum atomic E-state index is 12.7. The molecule has 0 bridgehead atoms. The van der Waals surface area contributed by atoms with E-state index in [2.05, 4.69) is 26.6 Å². The van der Waals surface area contributed by atoms with Gasteiger partial charge >= 0.3 is 0 Å². The predicted octanol–water partition coefficient (Wildman–Crippen LogP) is 4.33. The van der Waals surface area contributed by atoms with Crippen molar-refractivity contribution in [3.05, 3.63) is 33.1 Å². The smallest absolute Gasteiger partial charge is 0.277 e. The lowest BCUT2D eigenvalue weighted by Crippen LogP contribution is -2.31. The van der Waals surface area contributed by atoms with Crippen LogP contribution in [0.3, 0.4) is 0 Å². The number of hydrogen-bond donors (Lipinski definition) is 0. The number of aryl methyl sites for hydroxylation is 2. The number of carbonyl (C=O) groups is 1. The highest BCUT2D eigenvalue weighted by Crippen LogP contribution is 2.35. The molecule has 0 aromatic carbocycles. The topological polar surface area (TPSA) is 72.1 Å². The van der Waals surface area contributed by atoms with Crippen LogP contribution < -0.4 is 0 Å². The van der Waals surface area contributed by atoms with Crippen LogP contribution in [0, 0.1) is 13.8 Å². The van der Waals surface area contributed by atoms with E-state index in [4.69, 9.17) is 4.42 Å². The molecular formula is C17H18N4O2S3. The molecule has 1 aliphatic rings. The van der Waals surface area contributed by atoms with Crippen molar-refractivity contribution in [1.82, 2.24) is 20.1 Å². The van der Waals surface area contributed by atoms with Crippen molar-refractivity contribution in [3.63, 3.8) is 0 Å². The Labute approximate surface area is 163 Å². The fourth-order valence-electron chi connectivity index (χ4n) is 3.14. The number of aromatic nitrogens is 3. The highest BCUT2D eigenvalue weighted by Gasteiger charge is 2.30. The molecule has 0 saturated carbocycles. The maximum absolute atomic E-state index is 12.7. The lowest BCUT2D eigenvalue weighted by molar-refractivity contribution is -0.129. The van der Waals surface area contributed by atoms with Gasteiger partial charge in [0.25, 0.3) is 11.1 Å². The molecule has 3 aromatic rings. The lowest BCUT2D eigenvalue weighted by Gasteiger charge is -2.23. The summed E-state index contributed by atoms with van der Waals surface area (Å²) >= 11 is 4.55. The molecule has 1 unspecified atom stereocenters. The summed E-state index contributed by atoms with van der Waals surface area (Å²) in [4.78, 5) is 21.2. The van der Waals surface area contributed by atoms with Crippen molar-refractivity contribution in [2.24, 2.45) is 0 Å². The first-order chi connectivity index (χ1) is 12.6. The molecular weight excluding hydrogens is 388 g/mol. The number of thioether (sulfide) groups is 1. The molecule has 26 heavy (non-hydrogen) atoms. The Balaban J connectivity index is 1.40. The normalized spacial score (nSPS) is 17.2. The van der Waals surface area contributed by atoms with Gasteiger partial charge in [-0.25, -0.2) is 4.98 Å². The second kappa shape index (κ2) is 7.50. The third-order valence-corrected chi connectivity index (χ3v) is 7.11. The first-order valence-electron chi connectivity index (χ1n) is 8.35. The summed E-state index contributed by atoms with van der Waals surface area (Å²) in [5, 5.41) is 11.6. The summed E-state index contributed by atoms with van der Waals surface area (Å²) in [6.07, 6.45) is 2.08. The van der Waals surface area contributed by atoms with Crippen molar-refractivity contribution < 1.29 is 9.21 Å². The van der Waals surface area contributed by atoms with Gasteiger partial charge in [0.05, 0.1) is 22.5 Å². The minimum Gasteiger partial charge on any atom is -0.410 e. The average molecular weight is 407 g/mol. The Hall–Kier alpha value is -1.71. The number of amides is 1. The SMILES string of the molecule is Cc1nc(C)c(-c2nnc(SCC(=O)N3CCCC3c3cccs3)o2)s1. The Morgan fingerprint density at radius 1 is 1.42 bits per heavy atom. The Kier molecular flexibility index (Phi) is 5.10. The van der Waals surface area contributed by atoms with Crippen molar-refractivity contribution >= 4 is 40.3 Å². The molecule has 1 saturated heterocycles. The lowest BCUT2D eigenvalue weighted by atomic mass is 10.2. The molecule has 0 N–H and O–H groups in total. The monoisotopic (exact) mass is 406 g/mol. The largest absolute Gasteiger partial charge is 0.410 e. The summed E-state index contributed by atoms with van der Waals surface area (Å²) in [5.41, 5.74) is 0.889. The highest BCUT2D eigenvalue weighted by molar-refractivity contribution is 7.99. The zero-order chi connectivity index (χ0) is 18.1. The van der Waals surface area contributed by atoms with E-state index < -0.39 is 0 Å². The quantitative estimate of drug-likeness (QED) is 0.587. The molecule has 136 valence electrons. The van der Waals surface area contributed by atoms with Crippen LogP contribution in [-0.2, 0) is 4.79 Å². The fourth-order valence-corrected chi connectivity index (χ4v) is 5.50. The summed E-state index contributed by atoms with van der Waals surface area (Å²) in [5.74, 6) is 0.903. The Morgan fingerprint density at radius 2 is 2.31 bits per heavy atom. The number of likely N-dealkylation sites (tertiary alicyclic amines) is 1. The molecule has 4 heterocycles. The number of rotatable bonds is 5. The molecule has 0 aliphatic carbocycles. The van der Waals surface area contributed by atoms with E-state index in [1.165, 1.54) is 28.0 Å². The van der Waals surface area contributed by atoms with Gasteiger partial charge in [0.2, 0.25) is 5.91 Å². The van der Waals surface area contributed by atoms with E-state index in [0.717, 1.165) is 35.0 Å². The number of thiophene rings is 1. The van der Waals surface area contributed by atoms with Crippen LogP contribution in [-0.4, -0.2) is 38.3 Å². The molecule has 4 rings (SSSR count). The standard InChI is InChI=1S/C17H18N4O2S3/c1-10-15(26-11(2)18-10)16-19-20-17(23-16)25-9-14(22)21-7-3-5-12(21)13-6-4-8-24-13/h4,6,8,12H,3,5,7,9H2,1-2H3. The fraction of sp³-hybridized carbons (Fsp3) is 0.412. The first kappa shape index (κ1) is 17.7. The Morgan fingerprint density at radius 3 is 3.04 bits per heavy atom. The van der Waals surface area contributed by atoms with Crippen LogP contribution in [0.4, 0.5) is 0 Å². The third-order valence-electron chi connectivity index (χ3n) is 4.27. The molecule has 6 nitrogen and oxygen atoms in total. The summed E-state index contributed by atoms with van der Waals surface area (Å²) in [7, 11) is 0. The van der Waals surface area contributed by atoms with E-state index in [0.29, 0.717) is 16.9 Å². The average Bonchev–Trinajstić information content (AvgIpc) is 3.39. The molecule has 1 amide bonds. The summed E-state index contributed by atoms with van der Waals surface area (Å²) in [6, 6.07) is 4.36. The van der Waals surface area contributed by atoms with Crippen LogP contribution >= 0.6 is 34.4 Å². The highest BCUT2D eigenvalue weighted by atomic mass is 32.2. The van der Waals surface area contributed by atoms with Crippen LogP contribution in [0.1, 0.15) is 34.5 Å². The number of carbonyl (C=O) groups excluding carboxylic acids is 1. The van der Waals surface area contributed by atoms with E-state index >= 15 is 0 Å². The van der Waals surface area contributed by atoms with Crippen LogP contribution in [0.25, 0.3) is 10.8 Å². The predicted molar refractivity (Wildman–Crippen MR) is 104 cm³/mol. The van der Waals surface area contributed by atoms with Crippen LogP contribution in [0.2, 0.25) is 0 Å². The zero-order valence-electron chi connectivity index (χ0n) is 14.5. The van der Waals surface area contributed by atoms with Gasteiger partial charge in [-0.1, -0.05) is 17.8 Å².